The molecular weight excluding hydrogens is 498 g/mol. The molecule has 3 aromatic carbocycles. The van der Waals surface area contributed by atoms with Gasteiger partial charge in [-0.15, -0.1) is 0 Å². The van der Waals surface area contributed by atoms with Crippen LogP contribution in [0, 0.1) is 6.92 Å². The van der Waals surface area contributed by atoms with E-state index in [1.54, 1.807) is 25.1 Å². The smallest absolute Gasteiger partial charge is 0.244 e. The summed E-state index contributed by atoms with van der Waals surface area (Å²) in [6, 6.07) is 22.6. The lowest BCUT2D eigenvalue weighted by Crippen LogP contribution is -2.53. The predicted octanol–water partition coefficient (Wildman–Crippen LogP) is 3.80. The van der Waals surface area contributed by atoms with Crippen LogP contribution in [0.3, 0.4) is 0 Å². The summed E-state index contributed by atoms with van der Waals surface area (Å²) < 4.78 is 26.6. The molecule has 0 aliphatic carbocycles. The summed E-state index contributed by atoms with van der Waals surface area (Å²) in [6.45, 7) is 1.41. The Labute approximate surface area is 217 Å². The van der Waals surface area contributed by atoms with Crippen LogP contribution in [-0.4, -0.2) is 51.0 Å². The zero-order valence-electron chi connectivity index (χ0n) is 20.5. The maximum Gasteiger partial charge on any atom is 0.244 e. The molecule has 2 amide bonds. The van der Waals surface area contributed by atoms with Crippen molar-refractivity contribution in [2.75, 3.05) is 24.2 Å². The van der Waals surface area contributed by atoms with Crippen LogP contribution in [0.4, 0.5) is 5.69 Å². The van der Waals surface area contributed by atoms with Gasteiger partial charge in [-0.3, -0.25) is 13.9 Å². The van der Waals surface area contributed by atoms with Gasteiger partial charge in [0.15, 0.2) is 0 Å². The van der Waals surface area contributed by atoms with Crippen molar-refractivity contribution < 1.29 is 18.0 Å². The van der Waals surface area contributed by atoms with Gasteiger partial charge in [0, 0.05) is 25.0 Å². The number of carbonyl (C=O) groups is 2. The van der Waals surface area contributed by atoms with E-state index in [2.05, 4.69) is 5.32 Å². The second-order valence-corrected chi connectivity index (χ2v) is 10.9. The summed E-state index contributed by atoms with van der Waals surface area (Å²) in [6.07, 6.45) is 1.33. The van der Waals surface area contributed by atoms with Crippen molar-refractivity contribution >= 4 is 39.1 Å². The molecule has 0 aliphatic rings. The average Bonchev–Trinajstić information content (AvgIpc) is 2.85. The number of rotatable bonds is 10. The fourth-order valence-corrected chi connectivity index (χ4v) is 5.13. The van der Waals surface area contributed by atoms with E-state index in [1.165, 1.54) is 11.9 Å². The molecule has 0 saturated carbocycles. The fraction of sp³-hybridized carbons (Fsp3) is 0.259. The number of nitrogens with zero attached hydrogens (tertiary/aromatic N) is 2. The number of aryl methyl sites for hydroxylation is 1. The molecule has 3 aromatic rings. The van der Waals surface area contributed by atoms with Crippen LogP contribution in [0.5, 0.6) is 0 Å². The van der Waals surface area contributed by atoms with E-state index in [9.17, 15) is 18.0 Å². The highest BCUT2D eigenvalue weighted by molar-refractivity contribution is 7.92. The molecular formula is C27H30ClN3O4S. The van der Waals surface area contributed by atoms with Gasteiger partial charge in [0.1, 0.15) is 12.6 Å². The molecule has 0 fully saturated rings. The summed E-state index contributed by atoms with van der Waals surface area (Å²) in [7, 11) is -2.30. The highest BCUT2D eigenvalue weighted by atomic mass is 35.5. The third-order valence-corrected chi connectivity index (χ3v) is 7.18. The van der Waals surface area contributed by atoms with Gasteiger partial charge in [0.2, 0.25) is 21.8 Å². The van der Waals surface area contributed by atoms with Crippen molar-refractivity contribution in [1.29, 1.82) is 0 Å². The summed E-state index contributed by atoms with van der Waals surface area (Å²) in [4.78, 5) is 28.3. The molecule has 0 saturated heterocycles. The largest absolute Gasteiger partial charge is 0.357 e. The zero-order valence-corrected chi connectivity index (χ0v) is 22.1. The zero-order chi connectivity index (χ0) is 26.3. The number of carbonyl (C=O) groups excluding carboxylic acids is 2. The fourth-order valence-electron chi connectivity index (χ4n) is 3.99. The van der Waals surface area contributed by atoms with E-state index < -0.39 is 28.5 Å². The second kappa shape index (κ2) is 12.1. The van der Waals surface area contributed by atoms with Crippen LogP contribution in [0.15, 0.2) is 78.9 Å². The number of hydrogen-bond acceptors (Lipinski definition) is 4. The Morgan fingerprint density at radius 1 is 0.944 bits per heavy atom. The normalized spacial score (nSPS) is 12.0. The lowest BCUT2D eigenvalue weighted by molar-refractivity contribution is -0.139. The molecule has 0 aliphatic heterocycles. The third kappa shape index (κ3) is 7.08. The Kier molecular flexibility index (Phi) is 9.12. The van der Waals surface area contributed by atoms with Crippen molar-refractivity contribution in [2.24, 2.45) is 0 Å². The van der Waals surface area contributed by atoms with Crippen LogP contribution in [0.25, 0.3) is 0 Å². The van der Waals surface area contributed by atoms with Gasteiger partial charge in [-0.25, -0.2) is 8.42 Å². The first kappa shape index (κ1) is 27.2. The number of nitrogens with one attached hydrogen (secondary N) is 1. The minimum Gasteiger partial charge on any atom is -0.357 e. The number of anilines is 1. The van der Waals surface area contributed by atoms with E-state index in [4.69, 9.17) is 11.6 Å². The molecule has 7 nitrogen and oxygen atoms in total. The Balaban J connectivity index is 2.02. The summed E-state index contributed by atoms with van der Waals surface area (Å²) >= 11 is 6.06. The molecule has 9 heteroatoms. The molecule has 1 unspecified atom stereocenters. The minimum atomic E-state index is -3.82. The lowest BCUT2D eigenvalue weighted by atomic mass is 10.0. The molecule has 0 bridgehead atoms. The first-order valence-electron chi connectivity index (χ1n) is 11.4. The minimum absolute atomic E-state index is 0.141. The van der Waals surface area contributed by atoms with Gasteiger partial charge in [0.05, 0.1) is 11.9 Å². The Morgan fingerprint density at radius 2 is 1.53 bits per heavy atom. The van der Waals surface area contributed by atoms with E-state index in [0.717, 1.165) is 21.7 Å². The summed E-state index contributed by atoms with van der Waals surface area (Å²) in [5.41, 5.74) is 2.67. The number of sulfonamides is 1. The topological polar surface area (TPSA) is 86.8 Å². The first-order valence-corrected chi connectivity index (χ1v) is 13.7. The Morgan fingerprint density at radius 3 is 2.06 bits per heavy atom. The SMILES string of the molecule is CNC(=O)C(Cc1ccccc1)N(Cc1ccccc1)C(=O)CN(c1ccc(Cl)cc1C)S(C)(=O)=O. The van der Waals surface area contributed by atoms with E-state index >= 15 is 0 Å². The lowest BCUT2D eigenvalue weighted by Gasteiger charge is -2.33. The van der Waals surface area contributed by atoms with Crippen LogP contribution in [-0.2, 0) is 32.6 Å². The highest BCUT2D eigenvalue weighted by Crippen LogP contribution is 2.26. The monoisotopic (exact) mass is 527 g/mol. The first-order chi connectivity index (χ1) is 17.1. The van der Waals surface area contributed by atoms with Gasteiger partial charge in [0.25, 0.3) is 0 Å². The van der Waals surface area contributed by atoms with Gasteiger partial charge in [-0.2, -0.15) is 0 Å². The van der Waals surface area contributed by atoms with Crippen molar-refractivity contribution in [3.63, 3.8) is 0 Å². The number of halogens is 1. The number of hydrogen-bond donors (Lipinski definition) is 1. The summed E-state index contributed by atoms with van der Waals surface area (Å²) in [5, 5.41) is 3.12. The average molecular weight is 528 g/mol. The van der Waals surface area contributed by atoms with Gasteiger partial charge in [-0.1, -0.05) is 72.3 Å². The van der Waals surface area contributed by atoms with Crippen LogP contribution in [0.2, 0.25) is 5.02 Å². The van der Waals surface area contributed by atoms with Crippen molar-refractivity contribution in [3.05, 3.63) is 101 Å². The Hall–Kier alpha value is -3.36. The van der Waals surface area contributed by atoms with Gasteiger partial charge >= 0.3 is 0 Å². The van der Waals surface area contributed by atoms with Crippen molar-refractivity contribution in [1.82, 2.24) is 10.2 Å². The molecule has 1 atom stereocenters. The number of amides is 2. The maximum atomic E-state index is 13.8. The number of likely N-dealkylation sites (N-methyl/N-ethyl adjacent to an activating group) is 1. The van der Waals surface area contributed by atoms with E-state index in [-0.39, 0.29) is 18.9 Å². The standard InChI is InChI=1S/C27H30ClN3O4S/c1-20-16-23(28)14-15-24(20)31(36(3,34)35)19-26(32)30(18-22-12-8-5-9-13-22)25(27(33)29-2)17-21-10-6-4-7-11-21/h4-16,25H,17-19H2,1-3H3,(H,29,33). The third-order valence-electron chi connectivity index (χ3n) is 5.82. The second-order valence-electron chi connectivity index (χ2n) is 8.53. The molecule has 0 spiro atoms. The van der Waals surface area contributed by atoms with E-state index in [1.807, 2.05) is 60.7 Å². The molecule has 36 heavy (non-hydrogen) atoms. The highest BCUT2D eigenvalue weighted by Gasteiger charge is 2.32. The molecule has 3 rings (SSSR count). The van der Waals surface area contributed by atoms with Crippen LogP contribution >= 0.6 is 11.6 Å². The van der Waals surface area contributed by atoms with Crippen molar-refractivity contribution in [2.45, 2.75) is 25.9 Å². The predicted molar refractivity (Wildman–Crippen MR) is 143 cm³/mol. The quantitative estimate of drug-likeness (QED) is 0.434. The van der Waals surface area contributed by atoms with Crippen molar-refractivity contribution in [3.8, 4) is 0 Å². The molecule has 190 valence electrons. The molecule has 0 heterocycles. The van der Waals surface area contributed by atoms with Crippen LogP contribution in [0.1, 0.15) is 16.7 Å². The Bertz CT molecular complexity index is 1300. The summed E-state index contributed by atoms with van der Waals surface area (Å²) in [5.74, 6) is -0.833. The van der Waals surface area contributed by atoms with Gasteiger partial charge < -0.3 is 10.2 Å². The van der Waals surface area contributed by atoms with Crippen LogP contribution < -0.4 is 9.62 Å². The maximum absolute atomic E-state index is 13.8. The molecule has 0 aromatic heterocycles. The van der Waals surface area contributed by atoms with E-state index in [0.29, 0.717) is 16.3 Å². The number of benzene rings is 3. The van der Waals surface area contributed by atoms with Gasteiger partial charge in [-0.05, 0) is 41.8 Å². The molecule has 1 N–H and O–H groups in total. The molecule has 0 radical (unpaired) electrons.